The zero-order chi connectivity index (χ0) is 16.6. The Hall–Kier alpha value is -1.37. The summed E-state index contributed by atoms with van der Waals surface area (Å²) < 4.78 is 3.69. The van der Waals surface area contributed by atoms with E-state index in [1.54, 1.807) is 13.8 Å². The van der Waals surface area contributed by atoms with E-state index in [1.807, 2.05) is 13.8 Å². The van der Waals surface area contributed by atoms with Crippen molar-refractivity contribution in [2.45, 2.75) is 45.3 Å². The van der Waals surface area contributed by atoms with Gasteiger partial charge in [0.25, 0.3) is 0 Å². The number of ketones is 1. The Kier molecular flexibility index (Phi) is 8.24. The summed E-state index contributed by atoms with van der Waals surface area (Å²) in [6, 6.07) is 0. The molecule has 1 N–H and O–H groups in total. The summed E-state index contributed by atoms with van der Waals surface area (Å²) in [4.78, 5) is 45.7. The van der Waals surface area contributed by atoms with Crippen molar-refractivity contribution in [2.24, 2.45) is 5.92 Å². The van der Waals surface area contributed by atoms with Gasteiger partial charge in [-0.2, -0.15) is 0 Å². The standard InChI is InChI=1S/C14H23NO5S/c1-6-9(2)12(18)15-8-14(3,4)21-11(17)7-10(16)13(19)20-5/h9H,6-8H2,1-5H3,(H,15,18). The highest BCUT2D eigenvalue weighted by atomic mass is 32.2. The second-order valence-corrected chi connectivity index (χ2v) is 7.12. The van der Waals surface area contributed by atoms with E-state index >= 15 is 0 Å². The number of hydrogen-bond acceptors (Lipinski definition) is 6. The van der Waals surface area contributed by atoms with Gasteiger partial charge in [0.15, 0.2) is 5.12 Å². The molecule has 0 fully saturated rings. The molecule has 1 amide bonds. The van der Waals surface area contributed by atoms with Crippen LogP contribution in [-0.4, -0.2) is 41.2 Å². The van der Waals surface area contributed by atoms with Gasteiger partial charge >= 0.3 is 5.97 Å². The maximum Gasteiger partial charge on any atom is 0.374 e. The molecule has 0 rings (SSSR count). The van der Waals surface area contributed by atoms with Gasteiger partial charge in [0.2, 0.25) is 11.7 Å². The van der Waals surface area contributed by atoms with E-state index in [0.717, 1.165) is 25.3 Å². The molecule has 0 aliphatic rings. The second-order valence-electron chi connectivity index (χ2n) is 5.35. The van der Waals surface area contributed by atoms with E-state index < -0.39 is 28.0 Å². The predicted molar refractivity (Wildman–Crippen MR) is 80.8 cm³/mol. The molecule has 0 aromatic heterocycles. The lowest BCUT2D eigenvalue weighted by Crippen LogP contribution is -2.39. The van der Waals surface area contributed by atoms with Crippen molar-refractivity contribution in [3.05, 3.63) is 0 Å². The van der Waals surface area contributed by atoms with Crippen LogP contribution in [-0.2, 0) is 23.9 Å². The van der Waals surface area contributed by atoms with Crippen molar-refractivity contribution in [1.82, 2.24) is 5.32 Å². The van der Waals surface area contributed by atoms with Crippen LogP contribution in [0.5, 0.6) is 0 Å². The summed E-state index contributed by atoms with van der Waals surface area (Å²) >= 11 is 0.937. The largest absolute Gasteiger partial charge is 0.463 e. The number of rotatable bonds is 8. The van der Waals surface area contributed by atoms with Crippen molar-refractivity contribution >= 4 is 34.5 Å². The van der Waals surface area contributed by atoms with Crippen LogP contribution in [0.4, 0.5) is 0 Å². The number of amides is 1. The van der Waals surface area contributed by atoms with Gasteiger partial charge < -0.3 is 10.1 Å². The van der Waals surface area contributed by atoms with E-state index in [0.29, 0.717) is 6.54 Å². The molecular weight excluding hydrogens is 294 g/mol. The SMILES string of the molecule is CCC(C)C(=O)NCC(C)(C)SC(=O)CC(=O)C(=O)OC. The van der Waals surface area contributed by atoms with E-state index in [-0.39, 0.29) is 11.8 Å². The number of thioether (sulfide) groups is 1. The molecule has 0 radical (unpaired) electrons. The van der Waals surface area contributed by atoms with Gasteiger partial charge in [0.05, 0.1) is 13.5 Å². The van der Waals surface area contributed by atoms with Gasteiger partial charge in [-0.25, -0.2) is 4.79 Å². The summed E-state index contributed by atoms with van der Waals surface area (Å²) in [5.74, 6) is -2.03. The summed E-state index contributed by atoms with van der Waals surface area (Å²) in [7, 11) is 1.09. The first-order chi connectivity index (χ1) is 9.62. The van der Waals surface area contributed by atoms with Gasteiger partial charge in [-0.1, -0.05) is 25.6 Å². The highest BCUT2D eigenvalue weighted by Crippen LogP contribution is 2.25. The summed E-state index contributed by atoms with van der Waals surface area (Å²) in [6.45, 7) is 7.63. The first-order valence-corrected chi connectivity index (χ1v) is 7.55. The van der Waals surface area contributed by atoms with Crippen molar-refractivity contribution in [1.29, 1.82) is 0 Å². The molecule has 0 saturated heterocycles. The highest BCUT2D eigenvalue weighted by Gasteiger charge is 2.27. The van der Waals surface area contributed by atoms with E-state index in [2.05, 4.69) is 10.1 Å². The van der Waals surface area contributed by atoms with E-state index in [4.69, 9.17) is 0 Å². The first-order valence-electron chi connectivity index (χ1n) is 6.73. The van der Waals surface area contributed by atoms with Crippen LogP contribution >= 0.6 is 11.8 Å². The van der Waals surface area contributed by atoms with Crippen LogP contribution in [0.25, 0.3) is 0 Å². The Labute approximate surface area is 129 Å². The highest BCUT2D eigenvalue weighted by molar-refractivity contribution is 8.14. The van der Waals surface area contributed by atoms with E-state index in [1.165, 1.54) is 0 Å². The van der Waals surface area contributed by atoms with Gasteiger partial charge in [-0.3, -0.25) is 14.4 Å². The Morgan fingerprint density at radius 3 is 2.29 bits per heavy atom. The number of Topliss-reactive ketones (excluding diaryl/α,β-unsaturated/α-hetero) is 1. The predicted octanol–water partition coefficient (Wildman–Crippen LogP) is 1.32. The second kappa shape index (κ2) is 8.81. The number of carbonyl (C=O) groups excluding carboxylic acids is 4. The topological polar surface area (TPSA) is 89.5 Å². The monoisotopic (exact) mass is 317 g/mol. The van der Waals surface area contributed by atoms with Crippen LogP contribution in [0.15, 0.2) is 0 Å². The summed E-state index contributed by atoms with van der Waals surface area (Å²) in [5, 5.41) is 2.35. The number of ether oxygens (including phenoxy) is 1. The Morgan fingerprint density at radius 2 is 1.81 bits per heavy atom. The fraction of sp³-hybridized carbons (Fsp3) is 0.714. The number of carbonyl (C=O) groups is 4. The molecule has 0 aromatic carbocycles. The fourth-order valence-electron chi connectivity index (χ4n) is 1.36. The number of nitrogens with one attached hydrogen (secondary N) is 1. The Bertz CT molecular complexity index is 420. The van der Waals surface area contributed by atoms with Gasteiger partial charge in [-0.15, -0.1) is 0 Å². The van der Waals surface area contributed by atoms with Crippen molar-refractivity contribution in [3.63, 3.8) is 0 Å². The average molecular weight is 317 g/mol. The van der Waals surface area contributed by atoms with Crippen molar-refractivity contribution in [3.8, 4) is 0 Å². The number of methoxy groups -OCH3 is 1. The molecule has 0 aliphatic carbocycles. The molecule has 1 atom stereocenters. The zero-order valence-corrected chi connectivity index (χ0v) is 14.0. The van der Waals surface area contributed by atoms with Crippen LogP contribution in [0.3, 0.4) is 0 Å². The number of esters is 1. The van der Waals surface area contributed by atoms with Gasteiger partial charge in [-0.05, 0) is 20.3 Å². The molecule has 120 valence electrons. The van der Waals surface area contributed by atoms with E-state index in [9.17, 15) is 19.2 Å². The molecule has 21 heavy (non-hydrogen) atoms. The maximum absolute atomic E-state index is 11.7. The third-order valence-corrected chi connectivity index (χ3v) is 3.93. The molecule has 0 aliphatic heterocycles. The van der Waals surface area contributed by atoms with Crippen LogP contribution in [0, 0.1) is 5.92 Å². The molecule has 0 spiro atoms. The van der Waals surface area contributed by atoms with Crippen LogP contribution in [0.1, 0.15) is 40.5 Å². The lowest BCUT2D eigenvalue weighted by atomic mass is 10.1. The molecule has 6 nitrogen and oxygen atoms in total. The summed E-state index contributed by atoms with van der Waals surface area (Å²) in [5.41, 5.74) is 0. The lowest BCUT2D eigenvalue weighted by molar-refractivity contribution is -0.152. The minimum Gasteiger partial charge on any atom is -0.463 e. The average Bonchev–Trinajstić information content (AvgIpc) is 2.41. The molecule has 7 heteroatoms. The first kappa shape index (κ1) is 19.6. The Balaban J connectivity index is 4.34. The smallest absolute Gasteiger partial charge is 0.374 e. The van der Waals surface area contributed by atoms with Crippen molar-refractivity contribution in [2.75, 3.05) is 13.7 Å². The molecule has 0 aromatic rings. The van der Waals surface area contributed by atoms with Crippen molar-refractivity contribution < 1.29 is 23.9 Å². The lowest BCUT2D eigenvalue weighted by Gasteiger charge is -2.24. The quantitative estimate of drug-likeness (QED) is 0.412. The van der Waals surface area contributed by atoms with Crippen LogP contribution < -0.4 is 5.32 Å². The molecule has 1 unspecified atom stereocenters. The fourth-order valence-corrected chi connectivity index (χ4v) is 2.32. The third-order valence-electron chi connectivity index (χ3n) is 2.86. The Morgan fingerprint density at radius 1 is 1.24 bits per heavy atom. The third kappa shape index (κ3) is 7.84. The minimum absolute atomic E-state index is 0.0655. The number of hydrogen-bond donors (Lipinski definition) is 1. The van der Waals surface area contributed by atoms with Gasteiger partial charge in [0, 0.05) is 17.2 Å². The normalized spacial score (nSPS) is 12.4. The molecule has 0 heterocycles. The zero-order valence-electron chi connectivity index (χ0n) is 13.1. The maximum atomic E-state index is 11.7. The van der Waals surface area contributed by atoms with Gasteiger partial charge in [0.1, 0.15) is 0 Å². The summed E-state index contributed by atoms with van der Waals surface area (Å²) in [6.07, 6.45) is 0.242. The molecule has 0 bridgehead atoms. The molecule has 0 saturated carbocycles. The minimum atomic E-state index is -1.02. The molecular formula is C14H23NO5S. The van der Waals surface area contributed by atoms with Crippen LogP contribution in [0.2, 0.25) is 0 Å².